The smallest absolute Gasteiger partial charge is 0.143 e. The van der Waals surface area contributed by atoms with E-state index in [1.165, 1.54) is 0 Å². The third-order valence-corrected chi connectivity index (χ3v) is 3.20. The highest BCUT2D eigenvalue weighted by Crippen LogP contribution is 2.28. The Hall–Kier alpha value is -1.26. The number of nitrogens with zero attached hydrogens (tertiary/aromatic N) is 1. The number of halogens is 2. The van der Waals surface area contributed by atoms with Crippen LogP contribution in [0.5, 0.6) is 0 Å². The monoisotopic (exact) mass is 295 g/mol. The maximum atomic E-state index is 13.8. The van der Waals surface area contributed by atoms with E-state index >= 15 is 0 Å². The fraction of sp³-hybridized carbons (Fsp3) is 0.154. The van der Waals surface area contributed by atoms with Crippen LogP contribution >= 0.6 is 15.9 Å². The standard InChI is InChI=1S/C13H11BrFNO/c1-8-4-3-7-16-12(8)13(17)9-5-2-6-10(14)11(9)15/h2-7,13,17H,1H3. The molecule has 1 N–H and O–H groups in total. The predicted molar refractivity (Wildman–Crippen MR) is 67.1 cm³/mol. The Morgan fingerprint density at radius 1 is 1.29 bits per heavy atom. The molecule has 0 radical (unpaired) electrons. The number of aliphatic hydroxyl groups excluding tert-OH is 1. The van der Waals surface area contributed by atoms with Gasteiger partial charge in [-0.2, -0.15) is 0 Å². The van der Waals surface area contributed by atoms with Crippen LogP contribution in [0.3, 0.4) is 0 Å². The highest BCUT2D eigenvalue weighted by Gasteiger charge is 2.19. The third kappa shape index (κ3) is 2.37. The number of rotatable bonds is 2. The average molecular weight is 296 g/mol. The predicted octanol–water partition coefficient (Wildman–Crippen LogP) is 3.37. The lowest BCUT2D eigenvalue weighted by atomic mass is 10.0. The minimum absolute atomic E-state index is 0.223. The van der Waals surface area contributed by atoms with Crippen molar-refractivity contribution >= 4 is 15.9 Å². The van der Waals surface area contributed by atoms with Crippen LogP contribution in [0.25, 0.3) is 0 Å². The van der Waals surface area contributed by atoms with Crippen LogP contribution in [0.4, 0.5) is 4.39 Å². The van der Waals surface area contributed by atoms with Crippen LogP contribution in [0.15, 0.2) is 41.0 Å². The van der Waals surface area contributed by atoms with E-state index in [2.05, 4.69) is 20.9 Å². The van der Waals surface area contributed by atoms with Crippen molar-refractivity contribution in [3.63, 3.8) is 0 Å². The van der Waals surface area contributed by atoms with Gasteiger partial charge in [0.2, 0.25) is 0 Å². The number of benzene rings is 1. The minimum atomic E-state index is -1.05. The Kier molecular flexibility index (Phi) is 3.54. The molecule has 0 spiro atoms. The van der Waals surface area contributed by atoms with E-state index < -0.39 is 11.9 Å². The van der Waals surface area contributed by atoms with Crippen LogP contribution in [0, 0.1) is 12.7 Å². The first-order valence-corrected chi connectivity index (χ1v) is 5.94. The van der Waals surface area contributed by atoms with E-state index in [1.807, 2.05) is 13.0 Å². The van der Waals surface area contributed by atoms with E-state index in [0.29, 0.717) is 10.2 Å². The maximum absolute atomic E-state index is 13.8. The SMILES string of the molecule is Cc1cccnc1C(O)c1cccc(Br)c1F. The van der Waals surface area contributed by atoms with Gasteiger partial charge in [-0.15, -0.1) is 0 Å². The molecule has 4 heteroatoms. The van der Waals surface area contributed by atoms with Crippen molar-refractivity contribution in [1.29, 1.82) is 0 Å². The van der Waals surface area contributed by atoms with Gasteiger partial charge < -0.3 is 5.11 Å². The summed E-state index contributed by atoms with van der Waals surface area (Å²) in [4.78, 5) is 4.09. The highest BCUT2D eigenvalue weighted by atomic mass is 79.9. The van der Waals surface area contributed by atoms with Crippen molar-refractivity contribution in [2.24, 2.45) is 0 Å². The van der Waals surface area contributed by atoms with Crippen molar-refractivity contribution < 1.29 is 9.50 Å². The van der Waals surface area contributed by atoms with E-state index in [0.717, 1.165) is 5.56 Å². The topological polar surface area (TPSA) is 33.1 Å². The summed E-state index contributed by atoms with van der Waals surface area (Å²) in [6, 6.07) is 8.45. The molecule has 0 bridgehead atoms. The molecule has 0 aliphatic heterocycles. The molecule has 1 atom stereocenters. The summed E-state index contributed by atoms with van der Waals surface area (Å²) in [7, 11) is 0. The minimum Gasteiger partial charge on any atom is -0.382 e. The molecule has 2 rings (SSSR count). The van der Waals surface area contributed by atoms with Gasteiger partial charge in [0, 0.05) is 11.8 Å². The van der Waals surface area contributed by atoms with Crippen molar-refractivity contribution in [2.45, 2.75) is 13.0 Å². The van der Waals surface area contributed by atoms with E-state index in [1.54, 1.807) is 30.5 Å². The van der Waals surface area contributed by atoms with Gasteiger partial charge in [0.1, 0.15) is 11.9 Å². The fourth-order valence-electron chi connectivity index (χ4n) is 1.66. The average Bonchev–Trinajstić information content (AvgIpc) is 2.32. The van der Waals surface area contributed by atoms with E-state index in [9.17, 15) is 9.50 Å². The first-order chi connectivity index (χ1) is 8.11. The summed E-state index contributed by atoms with van der Waals surface area (Å²) in [6.07, 6.45) is 0.537. The summed E-state index contributed by atoms with van der Waals surface area (Å²) in [5, 5.41) is 10.2. The van der Waals surface area contributed by atoms with Gasteiger partial charge in [-0.1, -0.05) is 18.2 Å². The van der Waals surface area contributed by atoms with Gasteiger partial charge in [0.25, 0.3) is 0 Å². The lowest BCUT2D eigenvalue weighted by Gasteiger charge is -2.14. The third-order valence-electron chi connectivity index (χ3n) is 2.58. The molecular formula is C13H11BrFNO. The van der Waals surface area contributed by atoms with Crippen LogP contribution < -0.4 is 0 Å². The number of aromatic nitrogens is 1. The zero-order chi connectivity index (χ0) is 12.4. The lowest BCUT2D eigenvalue weighted by molar-refractivity contribution is 0.209. The molecule has 88 valence electrons. The fourth-order valence-corrected chi connectivity index (χ4v) is 2.04. The van der Waals surface area contributed by atoms with E-state index in [4.69, 9.17) is 0 Å². The Bertz CT molecular complexity index is 545. The van der Waals surface area contributed by atoms with Gasteiger partial charge in [0.15, 0.2) is 0 Å². The summed E-state index contributed by atoms with van der Waals surface area (Å²) in [5.74, 6) is -0.454. The molecule has 1 aromatic carbocycles. The van der Waals surface area contributed by atoms with Crippen LogP contribution in [-0.2, 0) is 0 Å². The lowest BCUT2D eigenvalue weighted by Crippen LogP contribution is -2.06. The molecule has 0 saturated heterocycles. The molecular weight excluding hydrogens is 285 g/mol. The second-order valence-electron chi connectivity index (χ2n) is 3.75. The van der Waals surface area contributed by atoms with E-state index in [-0.39, 0.29) is 5.56 Å². The first kappa shape index (κ1) is 12.2. The van der Waals surface area contributed by atoms with Crippen molar-refractivity contribution in [3.8, 4) is 0 Å². The second kappa shape index (κ2) is 4.94. The number of aliphatic hydroxyl groups is 1. The van der Waals surface area contributed by atoms with Gasteiger partial charge in [-0.3, -0.25) is 4.98 Å². The molecule has 2 nitrogen and oxygen atoms in total. The molecule has 0 aliphatic rings. The molecule has 1 aromatic heterocycles. The number of hydrogen-bond donors (Lipinski definition) is 1. The maximum Gasteiger partial charge on any atom is 0.143 e. The molecule has 1 unspecified atom stereocenters. The van der Waals surface area contributed by atoms with Crippen molar-refractivity contribution in [2.75, 3.05) is 0 Å². The molecule has 0 saturated carbocycles. The largest absolute Gasteiger partial charge is 0.382 e. The first-order valence-electron chi connectivity index (χ1n) is 5.14. The molecule has 1 heterocycles. The molecule has 2 aromatic rings. The van der Waals surface area contributed by atoms with Crippen LogP contribution in [0.1, 0.15) is 22.9 Å². The molecule has 17 heavy (non-hydrogen) atoms. The summed E-state index contributed by atoms with van der Waals surface area (Å²) in [5.41, 5.74) is 1.53. The Balaban J connectivity index is 2.48. The highest BCUT2D eigenvalue weighted by molar-refractivity contribution is 9.10. The van der Waals surface area contributed by atoms with Gasteiger partial charge in [-0.05, 0) is 40.5 Å². The molecule has 0 aliphatic carbocycles. The zero-order valence-corrected chi connectivity index (χ0v) is 10.8. The number of hydrogen-bond acceptors (Lipinski definition) is 2. The van der Waals surface area contributed by atoms with Crippen molar-refractivity contribution in [1.82, 2.24) is 4.98 Å². The van der Waals surface area contributed by atoms with Crippen LogP contribution in [0.2, 0.25) is 0 Å². The molecule has 0 fully saturated rings. The normalized spacial score (nSPS) is 12.5. The van der Waals surface area contributed by atoms with Crippen molar-refractivity contribution in [3.05, 3.63) is 63.6 Å². The van der Waals surface area contributed by atoms with Gasteiger partial charge >= 0.3 is 0 Å². The summed E-state index contributed by atoms with van der Waals surface area (Å²) >= 11 is 3.10. The Morgan fingerprint density at radius 2 is 2.06 bits per heavy atom. The zero-order valence-electron chi connectivity index (χ0n) is 9.19. The Morgan fingerprint density at radius 3 is 2.76 bits per heavy atom. The number of aryl methyl sites for hydroxylation is 1. The second-order valence-corrected chi connectivity index (χ2v) is 4.61. The quantitative estimate of drug-likeness (QED) is 0.921. The van der Waals surface area contributed by atoms with Gasteiger partial charge in [-0.25, -0.2) is 4.39 Å². The summed E-state index contributed by atoms with van der Waals surface area (Å²) in [6.45, 7) is 1.83. The van der Waals surface area contributed by atoms with Gasteiger partial charge in [0.05, 0.1) is 10.2 Å². The Labute approximate surface area is 107 Å². The summed E-state index contributed by atoms with van der Waals surface area (Å²) < 4.78 is 14.2. The number of pyridine rings is 1. The molecule has 0 amide bonds. The van der Waals surface area contributed by atoms with Crippen LogP contribution in [-0.4, -0.2) is 10.1 Å².